The Hall–Kier alpha value is -3.87. The molecule has 83 heavy (non-hydrogen) atoms. The van der Waals surface area contributed by atoms with Gasteiger partial charge in [0.05, 0.1) is 32.0 Å². The predicted octanol–water partition coefficient (Wildman–Crippen LogP) is 11.9. The van der Waals surface area contributed by atoms with Crippen molar-refractivity contribution in [2.45, 2.75) is 274 Å². The molecule has 472 valence electrons. The fraction of sp³-hybridized carbons (Fsp3) is 0.667. The summed E-state index contributed by atoms with van der Waals surface area (Å²) in [4.78, 5) is 13.3. The van der Waals surface area contributed by atoms with Crippen LogP contribution in [-0.4, -0.2) is 140 Å². The topological polar surface area (TPSA) is 228 Å². The quantitative estimate of drug-likeness (QED) is 0.0204. The van der Waals surface area contributed by atoms with Gasteiger partial charge in [-0.1, -0.05) is 231 Å². The number of ether oxygens (including phenoxy) is 4. The van der Waals surface area contributed by atoms with Crippen LogP contribution in [0.2, 0.25) is 0 Å². The summed E-state index contributed by atoms with van der Waals surface area (Å²) in [5, 5.41) is 87.2. The zero-order valence-corrected chi connectivity index (χ0v) is 50.9. The molecular formula is C69H113NO13. The van der Waals surface area contributed by atoms with Gasteiger partial charge in [-0.05, 0) is 96.3 Å². The number of hydrogen-bond donors (Lipinski definition) is 9. The number of carbonyl (C=O) groups is 1. The molecule has 9 N–H and O–H groups in total. The SMILES string of the molecule is CC/C=C\C/C=C\C/C=C\C/C=C\C/C=C\C/C=C\C/C=C\C/C=C\C/C=C\C/C=C\C/C=C\CCCCCC(=O)NC(COC1OC(CO)C(OC2OC(CO)C(O)C(O)C2O)C(O)C1O)C(O)CCCCCCCCCCCCCC. The Morgan fingerprint density at radius 3 is 1.27 bits per heavy atom. The number of unbranched alkanes of at least 4 members (excludes halogenated alkanes) is 14. The van der Waals surface area contributed by atoms with Crippen molar-refractivity contribution in [2.24, 2.45) is 0 Å². The molecule has 0 spiro atoms. The van der Waals surface area contributed by atoms with Gasteiger partial charge in [-0.2, -0.15) is 0 Å². The highest BCUT2D eigenvalue weighted by atomic mass is 16.7. The molecule has 0 aromatic heterocycles. The lowest BCUT2D eigenvalue weighted by Crippen LogP contribution is -2.65. The van der Waals surface area contributed by atoms with Crippen LogP contribution in [0.4, 0.5) is 0 Å². The van der Waals surface area contributed by atoms with Crippen LogP contribution in [0.1, 0.15) is 200 Å². The van der Waals surface area contributed by atoms with Crippen LogP contribution in [0, 0.1) is 0 Å². The number of allylic oxidation sites excluding steroid dienone is 22. The van der Waals surface area contributed by atoms with Crippen molar-refractivity contribution in [1.82, 2.24) is 5.32 Å². The van der Waals surface area contributed by atoms with E-state index in [0.29, 0.717) is 12.8 Å². The molecule has 2 heterocycles. The van der Waals surface area contributed by atoms with E-state index in [9.17, 15) is 45.6 Å². The van der Waals surface area contributed by atoms with Gasteiger partial charge >= 0.3 is 0 Å². The number of carbonyl (C=O) groups excluding carboxylic acids is 1. The molecule has 2 saturated heterocycles. The standard InChI is InChI=1S/C69H113NO13/c1-3-5-7-9-11-13-15-17-18-19-20-21-22-23-24-25-26-27-28-29-30-31-32-33-34-35-36-37-38-39-40-41-43-45-47-49-51-53-61(74)70-57(58(73)52-50-48-46-44-42-16-14-12-10-8-6-4-2)56-80-68-66(79)64(77)67(60(55-72)82-68)83-69-65(78)63(76)62(75)59(54-71)81-69/h5,7,11,13,17-18,20-21,23-24,26-27,29-30,32-33,35-36,38-39,41,43,57-60,62-69,71-73,75-79H,3-4,6,8-10,12,14-16,19,22,25,28,31,34,37,40,42,44-56H2,1-2H3,(H,70,74)/b7-5-,13-11-,18-17-,21-20-,24-23-,27-26-,30-29-,33-32-,36-35-,39-38-,43-41-. The summed E-state index contributed by atoms with van der Waals surface area (Å²) in [5.41, 5.74) is 0. The Morgan fingerprint density at radius 1 is 0.446 bits per heavy atom. The average Bonchev–Trinajstić information content (AvgIpc) is 3.58. The lowest BCUT2D eigenvalue weighted by molar-refractivity contribution is -0.359. The third kappa shape index (κ3) is 37.3. The lowest BCUT2D eigenvalue weighted by Gasteiger charge is -2.46. The van der Waals surface area contributed by atoms with Crippen LogP contribution >= 0.6 is 0 Å². The summed E-state index contributed by atoms with van der Waals surface area (Å²) in [5.74, 6) is -0.245. The van der Waals surface area contributed by atoms with Crippen LogP contribution in [0.3, 0.4) is 0 Å². The summed E-state index contributed by atoms with van der Waals surface area (Å²) < 4.78 is 22.8. The minimum absolute atomic E-state index is 0.245. The minimum Gasteiger partial charge on any atom is -0.394 e. The third-order valence-corrected chi connectivity index (χ3v) is 14.6. The van der Waals surface area contributed by atoms with Crippen molar-refractivity contribution in [2.75, 3.05) is 19.8 Å². The molecule has 14 heteroatoms. The molecule has 12 unspecified atom stereocenters. The van der Waals surface area contributed by atoms with Gasteiger partial charge in [-0.25, -0.2) is 0 Å². The molecule has 0 saturated carbocycles. The maximum Gasteiger partial charge on any atom is 0.220 e. The summed E-state index contributed by atoms with van der Waals surface area (Å²) in [6.07, 6.45) is 60.4. The zero-order chi connectivity index (χ0) is 60.2. The van der Waals surface area contributed by atoms with Crippen LogP contribution < -0.4 is 5.32 Å². The normalized spacial score (nSPS) is 24.7. The maximum absolute atomic E-state index is 13.3. The third-order valence-electron chi connectivity index (χ3n) is 14.6. The smallest absolute Gasteiger partial charge is 0.220 e. The monoisotopic (exact) mass is 1160 g/mol. The van der Waals surface area contributed by atoms with Gasteiger partial charge in [0.1, 0.15) is 48.8 Å². The van der Waals surface area contributed by atoms with E-state index in [1.807, 2.05) is 0 Å². The van der Waals surface area contributed by atoms with Crippen molar-refractivity contribution in [3.63, 3.8) is 0 Å². The van der Waals surface area contributed by atoms with Crippen molar-refractivity contribution in [1.29, 1.82) is 0 Å². The van der Waals surface area contributed by atoms with Gasteiger partial charge in [0.25, 0.3) is 0 Å². The molecule has 0 aromatic carbocycles. The molecule has 14 nitrogen and oxygen atoms in total. The molecule has 2 rings (SSSR count). The summed E-state index contributed by atoms with van der Waals surface area (Å²) >= 11 is 0. The number of aliphatic hydroxyl groups excluding tert-OH is 8. The molecule has 2 fully saturated rings. The van der Waals surface area contributed by atoms with E-state index in [1.165, 1.54) is 51.4 Å². The first-order valence-electron chi connectivity index (χ1n) is 31.9. The van der Waals surface area contributed by atoms with Crippen molar-refractivity contribution < 1.29 is 64.6 Å². The van der Waals surface area contributed by atoms with Crippen molar-refractivity contribution in [3.8, 4) is 0 Å². The van der Waals surface area contributed by atoms with Crippen LogP contribution in [-0.2, 0) is 23.7 Å². The molecule has 12 atom stereocenters. The highest BCUT2D eigenvalue weighted by Crippen LogP contribution is 2.30. The minimum atomic E-state index is -1.79. The zero-order valence-electron chi connectivity index (χ0n) is 50.9. The maximum atomic E-state index is 13.3. The first-order chi connectivity index (χ1) is 40.6. The van der Waals surface area contributed by atoms with E-state index in [4.69, 9.17) is 18.9 Å². The summed E-state index contributed by atoms with van der Waals surface area (Å²) in [7, 11) is 0. The molecule has 0 aliphatic carbocycles. The van der Waals surface area contributed by atoms with E-state index in [-0.39, 0.29) is 18.9 Å². The lowest BCUT2D eigenvalue weighted by atomic mass is 9.97. The van der Waals surface area contributed by atoms with Gasteiger partial charge in [0.2, 0.25) is 5.91 Å². The fourth-order valence-electron chi connectivity index (χ4n) is 9.53. The van der Waals surface area contributed by atoms with E-state index < -0.39 is 86.8 Å². The van der Waals surface area contributed by atoms with Crippen molar-refractivity contribution >= 4 is 5.91 Å². The Bertz CT molecular complexity index is 1900. The Balaban J connectivity index is 1.67. The number of aliphatic hydroxyl groups is 8. The summed E-state index contributed by atoms with van der Waals surface area (Å²) in [6.45, 7) is 2.69. The van der Waals surface area contributed by atoms with Crippen LogP contribution in [0.25, 0.3) is 0 Å². The Morgan fingerprint density at radius 2 is 0.831 bits per heavy atom. The second-order valence-electron chi connectivity index (χ2n) is 21.8. The largest absolute Gasteiger partial charge is 0.394 e. The highest BCUT2D eigenvalue weighted by molar-refractivity contribution is 5.76. The number of nitrogens with one attached hydrogen (secondary N) is 1. The molecule has 1 amide bonds. The van der Waals surface area contributed by atoms with E-state index in [0.717, 1.165) is 116 Å². The van der Waals surface area contributed by atoms with Crippen molar-refractivity contribution in [3.05, 3.63) is 134 Å². The van der Waals surface area contributed by atoms with Crippen LogP contribution in [0.15, 0.2) is 134 Å². The van der Waals surface area contributed by atoms with Gasteiger partial charge in [-0.15, -0.1) is 0 Å². The molecule has 0 bridgehead atoms. The molecular weight excluding hydrogens is 1050 g/mol. The Kier molecular flexibility index (Phi) is 47.5. The number of amides is 1. The molecule has 2 aliphatic heterocycles. The number of hydrogen-bond acceptors (Lipinski definition) is 13. The first-order valence-corrected chi connectivity index (χ1v) is 31.9. The van der Waals surface area contributed by atoms with E-state index in [2.05, 4.69) is 153 Å². The molecule has 0 radical (unpaired) electrons. The highest BCUT2D eigenvalue weighted by Gasteiger charge is 2.51. The molecule has 2 aliphatic rings. The average molecular weight is 1160 g/mol. The molecule has 0 aromatic rings. The van der Waals surface area contributed by atoms with E-state index in [1.54, 1.807) is 0 Å². The fourth-order valence-corrected chi connectivity index (χ4v) is 9.53. The second kappa shape index (κ2) is 52.5. The van der Waals surface area contributed by atoms with Gasteiger partial charge < -0.3 is 65.1 Å². The summed E-state index contributed by atoms with van der Waals surface area (Å²) in [6, 6.07) is -0.856. The first kappa shape index (κ1) is 75.2. The second-order valence-corrected chi connectivity index (χ2v) is 21.8. The van der Waals surface area contributed by atoms with Gasteiger partial charge in [0.15, 0.2) is 12.6 Å². The van der Waals surface area contributed by atoms with Gasteiger partial charge in [-0.3, -0.25) is 4.79 Å². The Labute approximate surface area is 500 Å². The van der Waals surface area contributed by atoms with Crippen LogP contribution in [0.5, 0.6) is 0 Å². The predicted molar refractivity (Wildman–Crippen MR) is 336 cm³/mol. The van der Waals surface area contributed by atoms with E-state index >= 15 is 0 Å². The number of rotatable bonds is 49. The van der Waals surface area contributed by atoms with Gasteiger partial charge in [0, 0.05) is 6.42 Å².